The minimum absolute atomic E-state index is 0.0905. The molecule has 2 N–H and O–H groups in total. The molecule has 0 aliphatic heterocycles. The Hall–Kier alpha value is -2.20. The van der Waals surface area contributed by atoms with Crippen LogP contribution in [0.5, 0.6) is 0 Å². The molecule has 3 nitrogen and oxygen atoms in total. The van der Waals surface area contributed by atoms with Gasteiger partial charge in [0.25, 0.3) is 0 Å². The fourth-order valence-electron chi connectivity index (χ4n) is 2.04. The highest BCUT2D eigenvalue weighted by molar-refractivity contribution is 5.94. The minimum Gasteiger partial charge on any atom is -0.329 e. The van der Waals surface area contributed by atoms with Crippen LogP contribution >= 0.6 is 0 Å². The first-order valence-corrected chi connectivity index (χ1v) is 6.50. The van der Waals surface area contributed by atoms with Crippen molar-refractivity contribution in [3.8, 4) is 0 Å². The van der Waals surface area contributed by atoms with Crippen LogP contribution in [0.15, 0.2) is 54.6 Å². The van der Waals surface area contributed by atoms with Crippen LogP contribution in [0, 0.1) is 5.82 Å². The van der Waals surface area contributed by atoms with Crippen LogP contribution in [0.4, 0.5) is 10.1 Å². The highest BCUT2D eigenvalue weighted by Gasteiger charge is 2.15. The van der Waals surface area contributed by atoms with E-state index in [0.29, 0.717) is 18.8 Å². The quantitative estimate of drug-likeness (QED) is 0.908. The Morgan fingerprint density at radius 1 is 1.10 bits per heavy atom. The lowest BCUT2D eigenvalue weighted by molar-refractivity contribution is -0.118. The summed E-state index contributed by atoms with van der Waals surface area (Å²) >= 11 is 0. The van der Waals surface area contributed by atoms with Crippen molar-refractivity contribution in [1.29, 1.82) is 0 Å². The number of carbonyl (C=O) groups is 1. The third-order valence-corrected chi connectivity index (χ3v) is 2.97. The molecule has 0 fully saturated rings. The Morgan fingerprint density at radius 3 is 2.50 bits per heavy atom. The maximum Gasteiger partial charge on any atom is 0.231 e. The van der Waals surface area contributed by atoms with Crippen molar-refractivity contribution in [2.75, 3.05) is 18.0 Å². The van der Waals surface area contributed by atoms with Gasteiger partial charge in [0.15, 0.2) is 0 Å². The second-order valence-electron chi connectivity index (χ2n) is 4.48. The van der Waals surface area contributed by atoms with Crippen LogP contribution in [0.1, 0.15) is 5.56 Å². The van der Waals surface area contributed by atoms with E-state index in [4.69, 9.17) is 5.73 Å². The first-order chi connectivity index (χ1) is 9.70. The van der Waals surface area contributed by atoms with Gasteiger partial charge in [0.1, 0.15) is 5.82 Å². The summed E-state index contributed by atoms with van der Waals surface area (Å²) in [6.45, 7) is 0.701. The largest absolute Gasteiger partial charge is 0.329 e. The molecule has 2 aromatic rings. The van der Waals surface area contributed by atoms with Gasteiger partial charge >= 0.3 is 0 Å². The zero-order chi connectivity index (χ0) is 14.4. The lowest BCUT2D eigenvalue weighted by Gasteiger charge is -2.22. The summed E-state index contributed by atoms with van der Waals surface area (Å²) in [5, 5.41) is 0. The standard InChI is InChI=1S/C16H17FN2O/c17-14-7-4-8-15(12-14)19(10-9-18)16(20)11-13-5-2-1-3-6-13/h1-8,12H,9-11,18H2. The average Bonchev–Trinajstić information content (AvgIpc) is 2.45. The number of hydrogen-bond donors (Lipinski definition) is 1. The second kappa shape index (κ2) is 6.82. The van der Waals surface area contributed by atoms with Gasteiger partial charge in [0.2, 0.25) is 5.91 Å². The minimum atomic E-state index is -0.364. The number of rotatable bonds is 5. The zero-order valence-corrected chi connectivity index (χ0v) is 11.1. The molecular weight excluding hydrogens is 255 g/mol. The van der Waals surface area contributed by atoms with Crippen LogP contribution in [0.25, 0.3) is 0 Å². The van der Waals surface area contributed by atoms with E-state index < -0.39 is 0 Å². The number of nitrogens with zero attached hydrogens (tertiary/aromatic N) is 1. The van der Waals surface area contributed by atoms with E-state index in [1.54, 1.807) is 12.1 Å². The number of amides is 1. The fourth-order valence-corrected chi connectivity index (χ4v) is 2.04. The molecule has 2 rings (SSSR count). The summed E-state index contributed by atoms with van der Waals surface area (Å²) in [4.78, 5) is 13.9. The van der Waals surface area contributed by atoms with Crippen molar-refractivity contribution in [2.24, 2.45) is 5.73 Å². The lowest BCUT2D eigenvalue weighted by atomic mass is 10.1. The van der Waals surface area contributed by atoms with Crippen molar-refractivity contribution >= 4 is 11.6 Å². The molecule has 0 aliphatic rings. The molecule has 0 spiro atoms. The predicted molar refractivity (Wildman–Crippen MR) is 78.0 cm³/mol. The maximum absolute atomic E-state index is 13.3. The van der Waals surface area contributed by atoms with E-state index in [-0.39, 0.29) is 18.1 Å². The molecule has 0 bridgehead atoms. The van der Waals surface area contributed by atoms with Crippen molar-refractivity contribution < 1.29 is 9.18 Å². The zero-order valence-electron chi connectivity index (χ0n) is 11.1. The molecule has 0 saturated heterocycles. The van der Waals surface area contributed by atoms with Crippen molar-refractivity contribution in [1.82, 2.24) is 0 Å². The molecule has 104 valence electrons. The molecular formula is C16H17FN2O. The summed E-state index contributed by atoms with van der Waals surface area (Å²) in [6, 6.07) is 15.5. The van der Waals surface area contributed by atoms with Crippen LogP contribution in [0.3, 0.4) is 0 Å². The Morgan fingerprint density at radius 2 is 1.85 bits per heavy atom. The van der Waals surface area contributed by atoms with Crippen molar-refractivity contribution in [3.63, 3.8) is 0 Å². The monoisotopic (exact) mass is 272 g/mol. The number of hydrogen-bond acceptors (Lipinski definition) is 2. The van der Waals surface area contributed by atoms with Crippen molar-refractivity contribution in [2.45, 2.75) is 6.42 Å². The van der Waals surface area contributed by atoms with E-state index in [2.05, 4.69) is 0 Å². The molecule has 0 aromatic heterocycles. The SMILES string of the molecule is NCCN(C(=O)Cc1ccccc1)c1cccc(F)c1. The molecule has 0 saturated carbocycles. The average molecular weight is 272 g/mol. The van der Waals surface area contributed by atoms with Crippen LogP contribution < -0.4 is 10.6 Å². The topological polar surface area (TPSA) is 46.3 Å². The van der Waals surface area contributed by atoms with Gasteiger partial charge in [-0.05, 0) is 23.8 Å². The van der Waals surface area contributed by atoms with E-state index in [1.807, 2.05) is 30.3 Å². The third-order valence-electron chi connectivity index (χ3n) is 2.97. The number of carbonyl (C=O) groups excluding carboxylic acids is 1. The molecule has 1 amide bonds. The summed E-state index contributed by atoms with van der Waals surface area (Å²) < 4.78 is 13.3. The first-order valence-electron chi connectivity index (χ1n) is 6.50. The number of halogens is 1. The molecule has 0 radical (unpaired) electrons. The Bertz CT molecular complexity index is 572. The smallest absolute Gasteiger partial charge is 0.231 e. The lowest BCUT2D eigenvalue weighted by Crippen LogP contribution is -2.36. The van der Waals surface area contributed by atoms with Gasteiger partial charge in [-0.2, -0.15) is 0 Å². The molecule has 0 atom stereocenters. The van der Waals surface area contributed by atoms with E-state index in [0.717, 1.165) is 5.56 Å². The third kappa shape index (κ3) is 3.65. The summed E-state index contributed by atoms with van der Waals surface area (Å²) in [6.07, 6.45) is 0.275. The highest BCUT2D eigenvalue weighted by Crippen LogP contribution is 2.16. The van der Waals surface area contributed by atoms with E-state index >= 15 is 0 Å². The molecule has 2 aromatic carbocycles. The molecule has 4 heteroatoms. The van der Waals surface area contributed by atoms with Gasteiger partial charge in [-0.15, -0.1) is 0 Å². The summed E-state index contributed by atoms with van der Waals surface area (Å²) in [5.41, 5.74) is 7.01. The Labute approximate surface area is 117 Å². The van der Waals surface area contributed by atoms with Gasteiger partial charge in [0, 0.05) is 18.8 Å². The normalized spacial score (nSPS) is 10.3. The van der Waals surface area contributed by atoms with Gasteiger partial charge in [-0.25, -0.2) is 4.39 Å². The highest BCUT2D eigenvalue weighted by atomic mass is 19.1. The molecule has 0 unspecified atom stereocenters. The van der Waals surface area contributed by atoms with E-state index in [9.17, 15) is 9.18 Å². The van der Waals surface area contributed by atoms with Crippen LogP contribution in [-0.2, 0) is 11.2 Å². The molecule has 20 heavy (non-hydrogen) atoms. The van der Waals surface area contributed by atoms with Crippen molar-refractivity contribution in [3.05, 3.63) is 66.0 Å². The maximum atomic E-state index is 13.3. The number of nitrogens with two attached hydrogens (primary N) is 1. The Kier molecular flexibility index (Phi) is 4.85. The van der Waals surface area contributed by atoms with E-state index in [1.165, 1.54) is 17.0 Å². The fraction of sp³-hybridized carbons (Fsp3) is 0.188. The predicted octanol–water partition coefficient (Wildman–Crippen LogP) is 2.36. The first kappa shape index (κ1) is 14.2. The van der Waals surface area contributed by atoms with Gasteiger partial charge in [0.05, 0.1) is 6.42 Å². The van der Waals surface area contributed by atoms with Gasteiger partial charge < -0.3 is 10.6 Å². The van der Waals surface area contributed by atoms with Crippen LogP contribution in [0.2, 0.25) is 0 Å². The van der Waals surface area contributed by atoms with Gasteiger partial charge in [-0.1, -0.05) is 36.4 Å². The second-order valence-corrected chi connectivity index (χ2v) is 4.48. The number of anilines is 1. The number of benzene rings is 2. The summed E-state index contributed by atoms with van der Waals surface area (Å²) in [7, 11) is 0. The van der Waals surface area contributed by atoms with Gasteiger partial charge in [-0.3, -0.25) is 4.79 Å². The summed E-state index contributed by atoms with van der Waals surface area (Å²) in [5.74, 6) is -0.454. The molecule has 0 heterocycles. The Balaban J connectivity index is 2.18. The molecule has 0 aliphatic carbocycles. The van der Waals surface area contributed by atoms with Crippen LogP contribution in [-0.4, -0.2) is 19.0 Å².